The van der Waals surface area contributed by atoms with Gasteiger partial charge in [0.1, 0.15) is 22.2 Å². The van der Waals surface area contributed by atoms with E-state index in [9.17, 15) is 18.4 Å². The first kappa shape index (κ1) is 24.0. The average molecular weight is 519 g/mol. The van der Waals surface area contributed by atoms with Gasteiger partial charge in [0, 0.05) is 29.7 Å². The number of carbonyl (C=O) groups excluding carboxylic acids is 1. The third kappa shape index (κ3) is 4.72. The van der Waals surface area contributed by atoms with Crippen molar-refractivity contribution < 1.29 is 18.3 Å². The minimum Gasteiger partial charge on any atom is -0.453 e. The Morgan fingerprint density at radius 2 is 1.73 bits per heavy atom. The number of ether oxygens (including phenoxy) is 1. The van der Waals surface area contributed by atoms with Crippen molar-refractivity contribution in [2.75, 3.05) is 11.1 Å². The molecule has 2 heterocycles. The third-order valence-corrected chi connectivity index (χ3v) is 5.91. The van der Waals surface area contributed by atoms with Gasteiger partial charge in [-0.3, -0.25) is 14.2 Å². The van der Waals surface area contributed by atoms with E-state index in [1.807, 2.05) is 0 Å². The number of nitrogen functional groups attached to an aromatic ring is 1. The fourth-order valence-electron chi connectivity index (χ4n) is 3.77. The smallest absolute Gasteiger partial charge is 0.268 e. The second-order valence-electron chi connectivity index (χ2n) is 7.94. The number of aromatic nitrogens is 2. The van der Waals surface area contributed by atoms with Gasteiger partial charge in [-0.1, -0.05) is 29.8 Å². The number of nitrogens with one attached hydrogen (secondary N) is 1. The van der Waals surface area contributed by atoms with E-state index in [0.29, 0.717) is 16.6 Å². The zero-order chi connectivity index (χ0) is 26.1. The summed E-state index contributed by atoms with van der Waals surface area (Å²) in [6.07, 6.45) is 1.37. The molecular weight excluding hydrogens is 502 g/mol. The number of nitrogens with two attached hydrogens (primary N) is 1. The van der Waals surface area contributed by atoms with Gasteiger partial charge in [-0.25, -0.2) is 13.8 Å². The molecule has 5 rings (SSSR count). The number of halogens is 3. The fraction of sp³-hybridized carbons (Fsp3) is 0. The Morgan fingerprint density at radius 1 is 0.973 bits per heavy atom. The molecule has 0 aliphatic rings. The molecule has 0 saturated heterocycles. The maximum atomic E-state index is 14.8. The van der Waals surface area contributed by atoms with E-state index in [-0.39, 0.29) is 33.6 Å². The van der Waals surface area contributed by atoms with Crippen molar-refractivity contribution in [2.24, 2.45) is 0 Å². The molecule has 0 spiro atoms. The zero-order valence-corrected chi connectivity index (χ0v) is 19.7. The van der Waals surface area contributed by atoms with Crippen molar-refractivity contribution in [3.05, 3.63) is 118 Å². The molecule has 7 nitrogen and oxygen atoms in total. The summed E-state index contributed by atoms with van der Waals surface area (Å²) in [6, 6.07) is 19.0. The highest BCUT2D eigenvalue weighted by atomic mass is 35.5. The van der Waals surface area contributed by atoms with Gasteiger partial charge >= 0.3 is 0 Å². The second-order valence-corrected chi connectivity index (χ2v) is 8.32. The number of fused-ring (bicyclic) bond motifs is 1. The Kier molecular flexibility index (Phi) is 6.29. The third-order valence-electron chi connectivity index (χ3n) is 5.53. The summed E-state index contributed by atoms with van der Waals surface area (Å²) in [7, 11) is 0. The Hall–Kier alpha value is -4.76. The highest BCUT2D eigenvalue weighted by Gasteiger charge is 2.18. The van der Waals surface area contributed by atoms with Gasteiger partial charge in [-0.15, -0.1) is 0 Å². The summed E-state index contributed by atoms with van der Waals surface area (Å²) in [5.41, 5.74) is 5.87. The van der Waals surface area contributed by atoms with Crippen LogP contribution >= 0.6 is 11.6 Å². The van der Waals surface area contributed by atoms with Crippen LogP contribution in [0.3, 0.4) is 0 Å². The second kappa shape index (κ2) is 9.71. The molecule has 1 amide bonds. The minimum atomic E-state index is -0.786. The maximum absolute atomic E-state index is 14.8. The van der Waals surface area contributed by atoms with Gasteiger partial charge in [0.2, 0.25) is 0 Å². The number of hydrogen-bond acceptors (Lipinski definition) is 5. The molecule has 3 N–H and O–H groups in total. The van der Waals surface area contributed by atoms with E-state index in [2.05, 4.69) is 10.3 Å². The van der Waals surface area contributed by atoms with E-state index in [1.165, 1.54) is 59.3 Å². The quantitative estimate of drug-likeness (QED) is 0.300. The number of nitrogens with zero attached hydrogens (tertiary/aromatic N) is 2. The van der Waals surface area contributed by atoms with Crippen molar-refractivity contribution in [1.82, 2.24) is 9.55 Å². The van der Waals surface area contributed by atoms with Crippen LogP contribution in [0.15, 0.2) is 89.9 Å². The summed E-state index contributed by atoms with van der Waals surface area (Å²) >= 11 is 6.04. The number of carbonyl (C=O) groups is 1. The largest absolute Gasteiger partial charge is 0.453 e. The van der Waals surface area contributed by atoms with Crippen LogP contribution in [0.1, 0.15) is 10.4 Å². The lowest BCUT2D eigenvalue weighted by Gasteiger charge is -2.14. The fourth-order valence-corrected chi connectivity index (χ4v) is 3.92. The Balaban J connectivity index is 1.47. The molecule has 0 aliphatic heterocycles. The number of para-hydroxylation sites is 1. The molecule has 10 heteroatoms. The summed E-state index contributed by atoms with van der Waals surface area (Å²) in [5.74, 6) is -2.00. The number of anilines is 2. The average Bonchev–Trinajstić information content (AvgIpc) is 2.88. The standard InChI is InChI=1S/C27H17ClF2N4O3/c28-24-23(11-12-32-25(24)31)37-22-10-7-17(14-20(22)30)33-26(35)19-13-15-3-1-2-4-21(15)34(27(19)36)18-8-5-16(29)6-9-18/h1-14H,(H2,31,32)(H,33,35). The van der Waals surface area contributed by atoms with Crippen molar-refractivity contribution in [3.63, 3.8) is 0 Å². The molecule has 3 aromatic carbocycles. The summed E-state index contributed by atoms with van der Waals surface area (Å²) in [6.45, 7) is 0. The van der Waals surface area contributed by atoms with Crippen LogP contribution in [0.4, 0.5) is 20.3 Å². The highest BCUT2D eigenvalue weighted by molar-refractivity contribution is 6.34. The predicted octanol–water partition coefficient (Wildman–Crippen LogP) is 5.94. The molecule has 0 bridgehead atoms. The number of hydrogen-bond donors (Lipinski definition) is 2. The maximum Gasteiger partial charge on any atom is 0.268 e. The Morgan fingerprint density at radius 3 is 2.49 bits per heavy atom. The lowest BCUT2D eigenvalue weighted by molar-refractivity contribution is 0.102. The van der Waals surface area contributed by atoms with Gasteiger partial charge in [0.15, 0.2) is 17.3 Å². The van der Waals surface area contributed by atoms with Crippen molar-refractivity contribution in [1.29, 1.82) is 0 Å². The summed E-state index contributed by atoms with van der Waals surface area (Å²) < 4.78 is 35.1. The van der Waals surface area contributed by atoms with E-state index in [1.54, 1.807) is 24.3 Å². The lowest BCUT2D eigenvalue weighted by atomic mass is 10.1. The molecule has 184 valence electrons. The van der Waals surface area contributed by atoms with Crippen LogP contribution in [-0.4, -0.2) is 15.5 Å². The first-order valence-corrected chi connectivity index (χ1v) is 11.3. The molecule has 0 unspecified atom stereocenters. The number of amides is 1. The van der Waals surface area contributed by atoms with Crippen molar-refractivity contribution >= 4 is 39.9 Å². The topological polar surface area (TPSA) is 99.2 Å². The molecule has 5 aromatic rings. The number of benzene rings is 3. The van der Waals surface area contributed by atoms with E-state index < -0.39 is 23.1 Å². The molecule has 0 radical (unpaired) electrons. The summed E-state index contributed by atoms with van der Waals surface area (Å²) in [4.78, 5) is 30.3. The van der Waals surface area contributed by atoms with Gasteiger partial charge in [0.05, 0.1) is 5.52 Å². The first-order chi connectivity index (χ1) is 17.8. The van der Waals surface area contributed by atoms with Crippen molar-refractivity contribution in [2.45, 2.75) is 0 Å². The van der Waals surface area contributed by atoms with E-state index in [4.69, 9.17) is 22.1 Å². The summed E-state index contributed by atoms with van der Waals surface area (Å²) in [5, 5.41) is 3.19. The SMILES string of the molecule is Nc1nccc(Oc2ccc(NC(=O)c3cc4ccccc4n(-c4ccc(F)cc4)c3=O)cc2F)c1Cl. The first-order valence-electron chi connectivity index (χ1n) is 10.9. The molecule has 2 aromatic heterocycles. The van der Waals surface area contributed by atoms with Crippen LogP contribution in [0.25, 0.3) is 16.6 Å². The van der Waals surface area contributed by atoms with Crippen LogP contribution < -0.4 is 21.3 Å². The van der Waals surface area contributed by atoms with Gasteiger partial charge in [-0.05, 0) is 53.9 Å². The molecule has 0 atom stereocenters. The monoisotopic (exact) mass is 518 g/mol. The molecule has 0 saturated carbocycles. The van der Waals surface area contributed by atoms with Crippen LogP contribution in [0.5, 0.6) is 11.5 Å². The van der Waals surface area contributed by atoms with Gasteiger partial charge < -0.3 is 15.8 Å². The molecule has 37 heavy (non-hydrogen) atoms. The number of pyridine rings is 2. The van der Waals surface area contributed by atoms with E-state index >= 15 is 0 Å². The molecule has 0 fully saturated rings. The van der Waals surface area contributed by atoms with Crippen molar-refractivity contribution in [3.8, 4) is 17.2 Å². The number of rotatable bonds is 5. The van der Waals surface area contributed by atoms with E-state index in [0.717, 1.165) is 6.07 Å². The lowest BCUT2D eigenvalue weighted by Crippen LogP contribution is -2.28. The zero-order valence-electron chi connectivity index (χ0n) is 18.9. The van der Waals surface area contributed by atoms with Gasteiger partial charge in [-0.2, -0.15) is 0 Å². The highest BCUT2D eigenvalue weighted by Crippen LogP contribution is 2.34. The molecule has 0 aliphatic carbocycles. The van der Waals surface area contributed by atoms with Crippen LogP contribution in [-0.2, 0) is 0 Å². The van der Waals surface area contributed by atoms with Gasteiger partial charge in [0.25, 0.3) is 11.5 Å². The normalized spacial score (nSPS) is 10.9. The van der Waals surface area contributed by atoms with Crippen LogP contribution in [0.2, 0.25) is 5.02 Å². The molecular formula is C27H17ClF2N4O3. The van der Waals surface area contributed by atoms with Crippen LogP contribution in [0, 0.1) is 11.6 Å². The Labute approximate surface area is 213 Å². The minimum absolute atomic E-state index is 0.0325. The Bertz CT molecular complexity index is 1720. The predicted molar refractivity (Wildman–Crippen MR) is 138 cm³/mol.